The lowest BCUT2D eigenvalue weighted by molar-refractivity contribution is -0.117. The number of ether oxygens (including phenoxy) is 1. The number of amides is 1. The first kappa shape index (κ1) is 12.9. The highest BCUT2D eigenvalue weighted by atomic mass is 32.1. The molecule has 0 N–H and O–H groups in total. The lowest BCUT2D eigenvalue weighted by Crippen LogP contribution is -2.26. The summed E-state index contributed by atoms with van der Waals surface area (Å²) in [4.78, 5) is 13.2. The molecule has 0 radical (unpaired) electrons. The smallest absolute Gasteiger partial charge is 0.227 e. The predicted molar refractivity (Wildman–Crippen MR) is 69.5 cm³/mol. The molecule has 88 valence electrons. The topological polar surface area (TPSA) is 29.5 Å². The first-order chi connectivity index (χ1) is 7.69. The van der Waals surface area contributed by atoms with Gasteiger partial charge < -0.3 is 9.64 Å². The molecule has 0 saturated carbocycles. The summed E-state index contributed by atoms with van der Waals surface area (Å²) in [6.07, 6.45) is 0.451. The quantitative estimate of drug-likeness (QED) is 0.799. The summed E-state index contributed by atoms with van der Waals surface area (Å²) in [6.45, 7) is 2.59. The Kier molecular flexibility index (Phi) is 5.19. The molecule has 0 bridgehead atoms. The van der Waals surface area contributed by atoms with Crippen LogP contribution in [0.15, 0.2) is 24.3 Å². The maximum atomic E-state index is 11.6. The zero-order valence-corrected chi connectivity index (χ0v) is 10.5. The van der Waals surface area contributed by atoms with Gasteiger partial charge in [0.05, 0.1) is 6.61 Å². The van der Waals surface area contributed by atoms with Crippen molar-refractivity contribution in [2.45, 2.75) is 13.3 Å². The predicted octanol–water partition coefficient (Wildman–Crippen LogP) is 2.37. The van der Waals surface area contributed by atoms with Crippen molar-refractivity contribution in [1.82, 2.24) is 0 Å². The molecule has 0 aliphatic rings. The van der Waals surface area contributed by atoms with Crippen molar-refractivity contribution in [3.63, 3.8) is 0 Å². The Balaban J connectivity index is 2.69. The molecule has 0 heterocycles. The van der Waals surface area contributed by atoms with Gasteiger partial charge in [0, 0.05) is 19.2 Å². The fourth-order valence-electron chi connectivity index (χ4n) is 1.34. The van der Waals surface area contributed by atoms with E-state index in [2.05, 4.69) is 12.6 Å². The van der Waals surface area contributed by atoms with Crippen LogP contribution in [-0.2, 0) is 4.79 Å². The van der Waals surface area contributed by atoms with Gasteiger partial charge in [-0.1, -0.05) is 0 Å². The van der Waals surface area contributed by atoms with Gasteiger partial charge in [-0.25, -0.2) is 0 Å². The summed E-state index contributed by atoms with van der Waals surface area (Å²) in [7, 11) is 1.77. The third-order valence-corrected chi connectivity index (χ3v) is 2.46. The molecule has 1 aromatic carbocycles. The molecule has 1 amide bonds. The average Bonchev–Trinajstić information content (AvgIpc) is 2.30. The van der Waals surface area contributed by atoms with E-state index in [1.807, 2.05) is 31.2 Å². The normalized spacial score (nSPS) is 9.94. The van der Waals surface area contributed by atoms with Crippen LogP contribution in [0.5, 0.6) is 5.75 Å². The van der Waals surface area contributed by atoms with Crippen LogP contribution in [0.25, 0.3) is 0 Å². The maximum absolute atomic E-state index is 11.6. The summed E-state index contributed by atoms with van der Waals surface area (Å²) in [6, 6.07) is 7.48. The van der Waals surface area contributed by atoms with E-state index in [1.54, 1.807) is 11.9 Å². The van der Waals surface area contributed by atoms with E-state index in [-0.39, 0.29) is 5.91 Å². The van der Waals surface area contributed by atoms with E-state index in [0.29, 0.717) is 18.8 Å². The van der Waals surface area contributed by atoms with Crippen LogP contribution in [0.2, 0.25) is 0 Å². The van der Waals surface area contributed by atoms with Gasteiger partial charge in [-0.3, -0.25) is 4.79 Å². The molecule has 0 aliphatic carbocycles. The second-order valence-electron chi connectivity index (χ2n) is 3.35. The van der Waals surface area contributed by atoms with E-state index in [1.165, 1.54) is 0 Å². The molecular formula is C12H17NO2S. The Bertz CT molecular complexity index is 337. The largest absolute Gasteiger partial charge is 0.494 e. The van der Waals surface area contributed by atoms with Crippen molar-refractivity contribution < 1.29 is 9.53 Å². The van der Waals surface area contributed by atoms with E-state index < -0.39 is 0 Å². The monoisotopic (exact) mass is 239 g/mol. The van der Waals surface area contributed by atoms with Gasteiger partial charge in [0.2, 0.25) is 5.91 Å². The van der Waals surface area contributed by atoms with Crippen molar-refractivity contribution in [3.8, 4) is 5.75 Å². The number of nitrogens with zero attached hydrogens (tertiary/aromatic N) is 1. The lowest BCUT2D eigenvalue weighted by atomic mass is 10.2. The van der Waals surface area contributed by atoms with Crippen molar-refractivity contribution in [1.29, 1.82) is 0 Å². The number of thiol groups is 1. The highest BCUT2D eigenvalue weighted by molar-refractivity contribution is 7.80. The number of hydrogen-bond acceptors (Lipinski definition) is 3. The third kappa shape index (κ3) is 3.45. The van der Waals surface area contributed by atoms with E-state index >= 15 is 0 Å². The molecule has 16 heavy (non-hydrogen) atoms. The first-order valence-electron chi connectivity index (χ1n) is 5.29. The zero-order valence-electron chi connectivity index (χ0n) is 9.64. The van der Waals surface area contributed by atoms with Crippen LogP contribution in [0, 0.1) is 0 Å². The molecule has 0 fully saturated rings. The Morgan fingerprint density at radius 2 is 2.00 bits per heavy atom. The minimum atomic E-state index is 0.0687. The molecule has 1 aromatic rings. The van der Waals surface area contributed by atoms with Crippen molar-refractivity contribution in [3.05, 3.63) is 24.3 Å². The number of carbonyl (C=O) groups is 1. The van der Waals surface area contributed by atoms with Crippen LogP contribution >= 0.6 is 12.6 Å². The van der Waals surface area contributed by atoms with Gasteiger partial charge >= 0.3 is 0 Å². The van der Waals surface area contributed by atoms with Crippen LogP contribution < -0.4 is 9.64 Å². The molecule has 0 unspecified atom stereocenters. The number of anilines is 1. The number of benzene rings is 1. The summed E-state index contributed by atoms with van der Waals surface area (Å²) in [5.41, 5.74) is 0.871. The van der Waals surface area contributed by atoms with Gasteiger partial charge in [-0.15, -0.1) is 0 Å². The maximum Gasteiger partial charge on any atom is 0.227 e. The molecule has 3 nitrogen and oxygen atoms in total. The first-order valence-corrected chi connectivity index (χ1v) is 5.92. The molecule has 4 heteroatoms. The summed E-state index contributed by atoms with van der Waals surface area (Å²) >= 11 is 4.04. The van der Waals surface area contributed by atoms with Crippen molar-refractivity contribution >= 4 is 24.2 Å². The minimum Gasteiger partial charge on any atom is -0.494 e. The van der Waals surface area contributed by atoms with Crippen LogP contribution in [0.3, 0.4) is 0 Å². The van der Waals surface area contributed by atoms with Crippen LogP contribution in [0.1, 0.15) is 13.3 Å². The van der Waals surface area contributed by atoms with Gasteiger partial charge in [0.1, 0.15) is 5.75 Å². The minimum absolute atomic E-state index is 0.0687. The second-order valence-corrected chi connectivity index (χ2v) is 3.80. The molecule has 0 spiro atoms. The number of hydrogen-bond donors (Lipinski definition) is 1. The lowest BCUT2D eigenvalue weighted by Gasteiger charge is -2.17. The van der Waals surface area contributed by atoms with Crippen LogP contribution in [-0.4, -0.2) is 25.3 Å². The molecule has 0 aromatic heterocycles. The van der Waals surface area contributed by atoms with Gasteiger partial charge in [-0.2, -0.15) is 12.6 Å². The summed E-state index contributed by atoms with van der Waals surface area (Å²) in [5.74, 6) is 1.46. The van der Waals surface area contributed by atoms with Crippen molar-refractivity contribution in [2.24, 2.45) is 0 Å². The van der Waals surface area contributed by atoms with Crippen LogP contribution in [0.4, 0.5) is 5.69 Å². The highest BCUT2D eigenvalue weighted by Crippen LogP contribution is 2.19. The number of carbonyl (C=O) groups excluding carboxylic acids is 1. The van der Waals surface area contributed by atoms with E-state index in [0.717, 1.165) is 11.4 Å². The average molecular weight is 239 g/mol. The van der Waals surface area contributed by atoms with Gasteiger partial charge in [-0.05, 0) is 36.9 Å². The summed E-state index contributed by atoms with van der Waals surface area (Å²) in [5, 5.41) is 0. The molecular weight excluding hydrogens is 222 g/mol. The van der Waals surface area contributed by atoms with E-state index in [9.17, 15) is 4.79 Å². The van der Waals surface area contributed by atoms with E-state index in [4.69, 9.17) is 4.74 Å². The fourth-order valence-corrected chi connectivity index (χ4v) is 1.53. The standard InChI is InChI=1S/C12H17NO2S/c1-3-15-11-6-4-10(5-7-11)13(2)12(14)8-9-16/h4-7,16H,3,8-9H2,1-2H3. The van der Waals surface area contributed by atoms with Gasteiger partial charge in [0.15, 0.2) is 0 Å². The molecule has 0 atom stereocenters. The zero-order chi connectivity index (χ0) is 12.0. The highest BCUT2D eigenvalue weighted by Gasteiger charge is 2.09. The number of rotatable bonds is 5. The Morgan fingerprint density at radius 3 is 2.50 bits per heavy atom. The SMILES string of the molecule is CCOc1ccc(N(C)C(=O)CCS)cc1. The Hall–Kier alpha value is -1.16. The third-order valence-electron chi connectivity index (χ3n) is 2.23. The van der Waals surface area contributed by atoms with Gasteiger partial charge in [0.25, 0.3) is 0 Å². The molecule has 0 aliphatic heterocycles. The molecule has 1 rings (SSSR count). The Morgan fingerprint density at radius 1 is 1.38 bits per heavy atom. The second kappa shape index (κ2) is 6.43. The van der Waals surface area contributed by atoms with Crippen molar-refractivity contribution in [2.75, 3.05) is 24.3 Å². The summed E-state index contributed by atoms with van der Waals surface area (Å²) < 4.78 is 5.33. The Labute approximate surface area is 102 Å². The fraction of sp³-hybridized carbons (Fsp3) is 0.417. The molecule has 0 saturated heterocycles.